The topological polar surface area (TPSA) is 136 Å². The van der Waals surface area contributed by atoms with Gasteiger partial charge in [-0.25, -0.2) is 9.97 Å². The summed E-state index contributed by atoms with van der Waals surface area (Å²) in [7, 11) is 2.08. The van der Waals surface area contributed by atoms with Gasteiger partial charge < -0.3 is 24.9 Å². The number of rotatable bonds is 11. The molecule has 6 rings (SSSR count). The number of hydrogen-bond acceptors (Lipinski definition) is 7. The third kappa shape index (κ3) is 7.25. The SMILES string of the molecule is CCCN(C)Cc1nc2ccc(-c3cnc(-c4cccc(NC(=O)[C@@H]5CCCN5C(=O)[C@H](NC(C)=O)c5ccccc5)c4)o3)cc2[nH]1. The minimum Gasteiger partial charge on any atom is -0.436 e. The van der Waals surface area contributed by atoms with Crippen LogP contribution in [0.3, 0.4) is 0 Å². The van der Waals surface area contributed by atoms with Crippen LogP contribution >= 0.6 is 0 Å². The summed E-state index contributed by atoms with van der Waals surface area (Å²) in [6.07, 6.45) is 3.99. The van der Waals surface area contributed by atoms with Crippen LogP contribution in [0.25, 0.3) is 33.8 Å². The van der Waals surface area contributed by atoms with Crippen LogP contribution in [0.2, 0.25) is 0 Å². The van der Waals surface area contributed by atoms with Gasteiger partial charge in [-0.05, 0) is 74.8 Å². The molecule has 1 aliphatic heterocycles. The summed E-state index contributed by atoms with van der Waals surface area (Å²) in [6.45, 7) is 5.72. The summed E-state index contributed by atoms with van der Waals surface area (Å²) in [4.78, 5) is 55.6. The number of likely N-dealkylation sites (tertiary alicyclic amines) is 1. The maximum absolute atomic E-state index is 13.7. The second-order valence-corrected chi connectivity index (χ2v) is 12.0. The van der Waals surface area contributed by atoms with E-state index in [9.17, 15) is 14.4 Å². The molecule has 242 valence electrons. The number of imidazole rings is 1. The fraction of sp³-hybridized carbons (Fsp3) is 0.306. The molecule has 1 saturated heterocycles. The first kappa shape index (κ1) is 31.7. The normalized spacial score (nSPS) is 15.2. The predicted octanol–water partition coefficient (Wildman–Crippen LogP) is 5.53. The molecule has 3 heterocycles. The Morgan fingerprint density at radius 2 is 1.89 bits per heavy atom. The Morgan fingerprint density at radius 3 is 2.68 bits per heavy atom. The number of oxazole rings is 1. The lowest BCUT2D eigenvalue weighted by Gasteiger charge is -2.28. The summed E-state index contributed by atoms with van der Waals surface area (Å²) in [5.74, 6) is 1.03. The molecule has 11 heteroatoms. The van der Waals surface area contributed by atoms with Crippen molar-refractivity contribution in [2.45, 2.75) is 51.7 Å². The minimum absolute atomic E-state index is 0.288. The molecule has 0 aliphatic carbocycles. The Bertz CT molecular complexity index is 1880. The van der Waals surface area contributed by atoms with E-state index in [1.807, 2.05) is 48.5 Å². The van der Waals surface area contributed by atoms with Gasteiger partial charge in [-0.3, -0.25) is 19.3 Å². The Labute approximate surface area is 273 Å². The minimum atomic E-state index is -0.867. The largest absolute Gasteiger partial charge is 0.436 e. The van der Waals surface area contributed by atoms with E-state index in [2.05, 4.69) is 39.5 Å². The van der Waals surface area contributed by atoms with Crippen LogP contribution in [-0.4, -0.2) is 68.7 Å². The first-order valence-corrected chi connectivity index (χ1v) is 16.0. The third-order valence-electron chi connectivity index (χ3n) is 8.29. The van der Waals surface area contributed by atoms with Crippen LogP contribution in [-0.2, 0) is 20.9 Å². The molecule has 0 spiro atoms. The average Bonchev–Trinajstić information content (AvgIpc) is 3.83. The Kier molecular flexibility index (Phi) is 9.44. The van der Waals surface area contributed by atoms with Crippen molar-refractivity contribution in [3.05, 3.63) is 90.4 Å². The number of hydrogen-bond donors (Lipinski definition) is 3. The molecule has 47 heavy (non-hydrogen) atoms. The number of nitrogens with one attached hydrogen (secondary N) is 3. The number of carbonyl (C=O) groups excluding carboxylic acids is 3. The van der Waals surface area contributed by atoms with Gasteiger partial charge in [0, 0.05) is 30.3 Å². The molecule has 0 unspecified atom stereocenters. The number of fused-ring (bicyclic) bond motifs is 1. The Balaban J connectivity index is 1.15. The zero-order chi connectivity index (χ0) is 32.9. The van der Waals surface area contributed by atoms with Gasteiger partial charge in [0.05, 0.1) is 23.8 Å². The van der Waals surface area contributed by atoms with Crippen LogP contribution in [0, 0.1) is 0 Å². The molecule has 2 aromatic heterocycles. The summed E-state index contributed by atoms with van der Waals surface area (Å²) in [5, 5.41) is 5.73. The first-order valence-electron chi connectivity index (χ1n) is 16.0. The molecular weight excluding hydrogens is 594 g/mol. The second-order valence-electron chi connectivity index (χ2n) is 12.0. The molecule has 0 saturated carbocycles. The van der Waals surface area contributed by atoms with Crippen molar-refractivity contribution in [2.24, 2.45) is 0 Å². The zero-order valence-corrected chi connectivity index (χ0v) is 26.8. The van der Waals surface area contributed by atoms with Crippen LogP contribution in [0.15, 0.2) is 83.4 Å². The van der Waals surface area contributed by atoms with E-state index in [0.29, 0.717) is 47.9 Å². The number of carbonyl (C=O) groups is 3. The van der Waals surface area contributed by atoms with Crippen molar-refractivity contribution >= 4 is 34.4 Å². The van der Waals surface area contributed by atoms with Crippen LogP contribution in [0.1, 0.15) is 50.5 Å². The van der Waals surface area contributed by atoms with Crippen molar-refractivity contribution in [1.82, 2.24) is 30.1 Å². The lowest BCUT2D eigenvalue weighted by Crippen LogP contribution is -2.48. The smallest absolute Gasteiger partial charge is 0.250 e. The van der Waals surface area contributed by atoms with E-state index in [1.54, 1.807) is 35.4 Å². The van der Waals surface area contributed by atoms with Crippen molar-refractivity contribution in [3.8, 4) is 22.8 Å². The van der Waals surface area contributed by atoms with E-state index in [4.69, 9.17) is 9.40 Å². The maximum Gasteiger partial charge on any atom is 0.250 e. The Morgan fingerprint density at radius 1 is 1.06 bits per heavy atom. The summed E-state index contributed by atoms with van der Waals surface area (Å²) >= 11 is 0. The summed E-state index contributed by atoms with van der Waals surface area (Å²) in [6, 6.07) is 20.8. The molecular formula is C36H39N7O4. The number of H-pyrrole nitrogens is 1. The van der Waals surface area contributed by atoms with Crippen LogP contribution in [0.5, 0.6) is 0 Å². The number of aromatic nitrogens is 3. The molecule has 1 aliphatic rings. The van der Waals surface area contributed by atoms with Crippen molar-refractivity contribution in [1.29, 1.82) is 0 Å². The highest BCUT2D eigenvalue weighted by Crippen LogP contribution is 2.30. The van der Waals surface area contributed by atoms with Gasteiger partial charge in [0.15, 0.2) is 5.76 Å². The third-order valence-corrected chi connectivity index (χ3v) is 8.29. The molecule has 3 N–H and O–H groups in total. The quantitative estimate of drug-likeness (QED) is 0.174. The number of benzene rings is 3. The average molecular weight is 634 g/mol. The van der Waals surface area contributed by atoms with Crippen LogP contribution < -0.4 is 10.6 Å². The molecule has 3 amide bonds. The van der Waals surface area contributed by atoms with Gasteiger partial charge in [0.25, 0.3) is 0 Å². The summed E-state index contributed by atoms with van der Waals surface area (Å²) < 4.78 is 6.16. The highest BCUT2D eigenvalue weighted by atomic mass is 16.4. The molecule has 3 aromatic carbocycles. The molecule has 1 fully saturated rings. The molecule has 2 atom stereocenters. The van der Waals surface area contributed by atoms with Gasteiger partial charge in [0.2, 0.25) is 23.6 Å². The van der Waals surface area contributed by atoms with Gasteiger partial charge in [0.1, 0.15) is 17.9 Å². The standard InChI is InChI=1S/C36H39N7O4/c1-4-17-42(3)22-32-40-28-16-15-25(20-29(28)41-32)31-21-37-35(47-31)26-12-8-13-27(19-26)39-34(45)30-14-9-18-43(30)36(46)33(38-23(2)44)24-10-6-5-7-11-24/h5-8,10-13,15-16,19-21,30,33H,4,9,14,17-18,22H2,1-3H3,(H,38,44)(H,39,45)(H,40,41)/t30-,33+/m0/s1. The summed E-state index contributed by atoms with van der Waals surface area (Å²) in [5.41, 5.74) is 4.62. The van der Waals surface area contributed by atoms with E-state index >= 15 is 0 Å². The van der Waals surface area contributed by atoms with E-state index in [0.717, 1.165) is 41.9 Å². The van der Waals surface area contributed by atoms with Crippen molar-refractivity contribution < 1.29 is 18.8 Å². The highest BCUT2D eigenvalue weighted by Gasteiger charge is 2.38. The van der Waals surface area contributed by atoms with Gasteiger partial charge in [-0.1, -0.05) is 43.3 Å². The van der Waals surface area contributed by atoms with E-state index in [-0.39, 0.29) is 17.7 Å². The van der Waals surface area contributed by atoms with Crippen molar-refractivity contribution in [3.63, 3.8) is 0 Å². The maximum atomic E-state index is 13.7. The number of amides is 3. The fourth-order valence-corrected chi connectivity index (χ4v) is 6.11. The molecule has 5 aromatic rings. The van der Waals surface area contributed by atoms with E-state index < -0.39 is 12.1 Å². The Hall–Kier alpha value is -5.29. The van der Waals surface area contributed by atoms with Crippen LogP contribution in [0.4, 0.5) is 5.69 Å². The zero-order valence-electron chi connectivity index (χ0n) is 26.8. The highest BCUT2D eigenvalue weighted by molar-refractivity contribution is 5.99. The molecule has 0 bridgehead atoms. The first-order chi connectivity index (χ1) is 22.8. The lowest BCUT2D eigenvalue weighted by atomic mass is 10.0. The number of nitrogens with zero attached hydrogens (tertiary/aromatic N) is 4. The molecule has 11 nitrogen and oxygen atoms in total. The number of anilines is 1. The lowest BCUT2D eigenvalue weighted by molar-refractivity contribution is -0.140. The predicted molar refractivity (Wildman–Crippen MR) is 180 cm³/mol. The van der Waals surface area contributed by atoms with Gasteiger partial charge in [-0.15, -0.1) is 0 Å². The fourth-order valence-electron chi connectivity index (χ4n) is 6.11. The number of aromatic amines is 1. The monoisotopic (exact) mass is 633 g/mol. The molecule has 0 radical (unpaired) electrons. The van der Waals surface area contributed by atoms with Crippen molar-refractivity contribution in [2.75, 3.05) is 25.5 Å². The van der Waals surface area contributed by atoms with E-state index in [1.165, 1.54) is 6.92 Å². The van der Waals surface area contributed by atoms with Gasteiger partial charge >= 0.3 is 0 Å². The van der Waals surface area contributed by atoms with Gasteiger partial charge in [-0.2, -0.15) is 0 Å². The second kappa shape index (κ2) is 14.0.